The van der Waals surface area contributed by atoms with E-state index in [-0.39, 0.29) is 11.1 Å². The summed E-state index contributed by atoms with van der Waals surface area (Å²) < 4.78 is 6.57. The summed E-state index contributed by atoms with van der Waals surface area (Å²) >= 11 is 3.35. The molecule has 0 amide bonds. The molecule has 0 aliphatic heterocycles. The van der Waals surface area contributed by atoms with Crippen LogP contribution in [0.5, 0.6) is 0 Å². The third kappa shape index (κ3) is 3.43. The van der Waals surface area contributed by atoms with Crippen LogP contribution in [0, 0.1) is 11.3 Å². The molecule has 7 nitrogen and oxygen atoms in total. The van der Waals surface area contributed by atoms with Gasteiger partial charge in [-0.25, -0.2) is 14.8 Å². The van der Waals surface area contributed by atoms with Gasteiger partial charge in [0.2, 0.25) is 0 Å². The molecule has 0 saturated carbocycles. The summed E-state index contributed by atoms with van der Waals surface area (Å²) in [5.41, 5.74) is 2.30. The molecular formula is C20H11BrN4O3. The second-order valence-corrected chi connectivity index (χ2v) is 6.78. The molecule has 0 aliphatic rings. The zero-order chi connectivity index (χ0) is 19.7. The van der Waals surface area contributed by atoms with E-state index in [9.17, 15) is 10.1 Å². The van der Waals surface area contributed by atoms with E-state index in [2.05, 4.69) is 37.0 Å². The number of carboxylic acid groups (broad SMARTS) is 1. The monoisotopic (exact) mass is 434 g/mol. The summed E-state index contributed by atoms with van der Waals surface area (Å²) in [6.07, 6.45) is 3.20. The number of benzene rings is 1. The highest BCUT2D eigenvalue weighted by Crippen LogP contribution is 2.26. The molecule has 3 aromatic heterocycles. The number of hydrogen-bond acceptors (Lipinski definition) is 5. The number of furan rings is 1. The number of H-pyrrole nitrogens is 1. The molecule has 2 N–H and O–H groups in total. The molecule has 0 bridgehead atoms. The maximum absolute atomic E-state index is 11.1. The molecule has 0 radical (unpaired) electrons. The highest BCUT2D eigenvalue weighted by molar-refractivity contribution is 9.10. The molecule has 28 heavy (non-hydrogen) atoms. The van der Waals surface area contributed by atoms with Crippen LogP contribution in [0.25, 0.3) is 34.1 Å². The Morgan fingerprint density at radius 3 is 2.93 bits per heavy atom. The van der Waals surface area contributed by atoms with Gasteiger partial charge >= 0.3 is 5.97 Å². The van der Waals surface area contributed by atoms with Crippen LogP contribution in [0.3, 0.4) is 0 Å². The Hall–Kier alpha value is -3.70. The van der Waals surface area contributed by atoms with Gasteiger partial charge < -0.3 is 14.5 Å². The van der Waals surface area contributed by atoms with Gasteiger partial charge in [0.05, 0.1) is 16.7 Å². The number of carboxylic acids is 1. The van der Waals surface area contributed by atoms with Crippen molar-refractivity contribution in [1.82, 2.24) is 15.0 Å². The second-order valence-electron chi connectivity index (χ2n) is 5.87. The lowest BCUT2D eigenvalue weighted by molar-refractivity contribution is 0.0697. The smallest absolute Gasteiger partial charge is 0.335 e. The minimum Gasteiger partial charge on any atom is -0.478 e. The van der Waals surface area contributed by atoms with Gasteiger partial charge in [0, 0.05) is 22.3 Å². The molecule has 4 aromatic rings. The van der Waals surface area contributed by atoms with Gasteiger partial charge in [0.25, 0.3) is 0 Å². The molecular weight excluding hydrogens is 424 g/mol. The number of rotatable bonds is 4. The number of halogens is 1. The summed E-state index contributed by atoms with van der Waals surface area (Å²) in [7, 11) is 0. The van der Waals surface area contributed by atoms with Crippen molar-refractivity contribution < 1.29 is 14.3 Å². The van der Waals surface area contributed by atoms with Gasteiger partial charge in [0.15, 0.2) is 11.5 Å². The van der Waals surface area contributed by atoms with Gasteiger partial charge in [-0.2, -0.15) is 5.26 Å². The van der Waals surface area contributed by atoms with Crippen LogP contribution in [0.2, 0.25) is 0 Å². The van der Waals surface area contributed by atoms with Crippen LogP contribution < -0.4 is 0 Å². The van der Waals surface area contributed by atoms with Crippen molar-refractivity contribution in [3.8, 4) is 17.4 Å². The first-order valence-electron chi connectivity index (χ1n) is 8.10. The van der Waals surface area contributed by atoms with Crippen molar-refractivity contribution in [2.75, 3.05) is 0 Å². The van der Waals surface area contributed by atoms with E-state index in [0.29, 0.717) is 34.1 Å². The van der Waals surface area contributed by atoms with E-state index in [1.54, 1.807) is 36.5 Å². The number of aromatic amines is 1. The molecule has 0 atom stereocenters. The predicted octanol–water partition coefficient (Wildman–Crippen LogP) is 4.74. The zero-order valence-corrected chi connectivity index (χ0v) is 15.8. The van der Waals surface area contributed by atoms with E-state index in [1.165, 1.54) is 12.1 Å². The van der Waals surface area contributed by atoms with Crippen molar-refractivity contribution in [1.29, 1.82) is 5.26 Å². The van der Waals surface area contributed by atoms with E-state index in [1.807, 2.05) is 6.07 Å². The fraction of sp³-hybridized carbons (Fsp3) is 0. The Bertz CT molecular complexity index is 1280. The SMILES string of the molecule is N#CC(=Cc1ccc(-c2cccc(C(=O)O)c2)o1)c1nc2ncc(Br)cc2[nH]1. The van der Waals surface area contributed by atoms with Crippen LogP contribution in [-0.4, -0.2) is 26.0 Å². The van der Waals surface area contributed by atoms with Crippen molar-refractivity contribution in [2.45, 2.75) is 0 Å². The van der Waals surface area contributed by atoms with E-state index in [0.717, 1.165) is 4.47 Å². The zero-order valence-electron chi connectivity index (χ0n) is 14.2. The van der Waals surface area contributed by atoms with Crippen LogP contribution in [0.4, 0.5) is 0 Å². The molecule has 8 heteroatoms. The third-order valence-electron chi connectivity index (χ3n) is 3.99. The Balaban J connectivity index is 1.68. The van der Waals surface area contributed by atoms with Crippen LogP contribution in [-0.2, 0) is 0 Å². The van der Waals surface area contributed by atoms with E-state index >= 15 is 0 Å². The molecule has 0 saturated heterocycles. The highest BCUT2D eigenvalue weighted by Gasteiger charge is 2.12. The molecule has 0 fully saturated rings. The normalized spacial score (nSPS) is 11.5. The summed E-state index contributed by atoms with van der Waals surface area (Å²) in [4.78, 5) is 22.7. The molecule has 0 unspecified atom stereocenters. The molecule has 0 spiro atoms. The summed E-state index contributed by atoms with van der Waals surface area (Å²) in [6, 6.07) is 13.8. The number of fused-ring (bicyclic) bond motifs is 1. The Morgan fingerprint density at radius 1 is 1.29 bits per heavy atom. The van der Waals surface area contributed by atoms with Gasteiger partial charge in [-0.1, -0.05) is 12.1 Å². The van der Waals surface area contributed by atoms with Crippen LogP contribution in [0.1, 0.15) is 21.9 Å². The van der Waals surface area contributed by atoms with Crippen molar-refractivity contribution >= 4 is 44.7 Å². The van der Waals surface area contributed by atoms with Gasteiger partial charge in [-0.05, 0) is 46.3 Å². The topological polar surface area (TPSA) is 116 Å². The summed E-state index contributed by atoms with van der Waals surface area (Å²) in [5, 5.41) is 18.6. The molecule has 1 aromatic carbocycles. The number of imidazole rings is 1. The van der Waals surface area contributed by atoms with Crippen molar-refractivity contribution in [3.63, 3.8) is 0 Å². The number of nitrogens with zero attached hydrogens (tertiary/aromatic N) is 3. The molecule has 136 valence electrons. The number of hydrogen-bond donors (Lipinski definition) is 2. The standard InChI is InChI=1S/C20H11BrN4O3/c21-14-8-16-19(23-10-14)25-18(24-16)13(9-22)7-15-4-5-17(28-15)11-2-1-3-12(6-11)20(26)27/h1-8,10H,(H,26,27)(H,23,24,25). The van der Waals surface area contributed by atoms with E-state index in [4.69, 9.17) is 9.52 Å². The number of nitriles is 1. The fourth-order valence-electron chi connectivity index (χ4n) is 2.69. The molecule has 0 aliphatic carbocycles. The maximum atomic E-state index is 11.1. The van der Waals surface area contributed by atoms with Crippen LogP contribution in [0.15, 0.2) is 57.6 Å². The lowest BCUT2D eigenvalue weighted by Gasteiger charge is -1.99. The van der Waals surface area contributed by atoms with Crippen molar-refractivity contribution in [2.24, 2.45) is 0 Å². The quantitative estimate of drug-likeness (QED) is 0.448. The Kier molecular flexibility index (Phi) is 4.51. The highest BCUT2D eigenvalue weighted by atomic mass is 79.9. The number of pyridine rings is 1. The molecule has 3 heterocycles. The minimum atomic E-state index is -1.01. The number of nitrogens with one attached hydrogen (secondary N) is 1. The fourth-order valence-corrected chi connectivity index (χ4v) is 3.02. The van der Waals surface area contributed by atoms with Gasteiger partial charge in [0.1, 0.15) is 17.6 Å². The number of aromatic carboxylic acids is 1. The Labute approximate surface area is 167 Å². The first kappa shape index (κ1) is 17.7. The predicted molar refractivity (Wildman–Crippen MR) is 106 cm³/mol. The summed E-state index contributed by atoms with van der Waals surface area (Å²) in [6.45, 7) is 0. The largest absolute Gasteiger partial charge is 0.478 e. The Morgan fingerprint density at radius 2 is 2.14 bits per heavy atom. The average Bonchev–Trinajstić information content (AvgIpc) is 3.32. The van der Waals surface area contributed by atoms with Gasteiger partial charge in [-0.15, -0.1) is 0 Å². The second kappa shape index (κ2) is 7.13. The van der Waals surface area contributed by atoms with Crippen LogP contribution >= 0.6 is 15.9 Å². The first-order chi connectivity index (χ1) is 13.5. The average molecular weight is 435 g/mol. The maximum Gasteiger partial charge on any atom is 0.335 e. The number of carbonyl (C=O) groups is 1. The third-order valence-corrected chi connectivity index (χ3v) is 4.42. The first-order valence-corrected chi connectivity index (χ1v) is 8.90. The summed E-state index contributed by atoms with van der Waals surface area (Å²) in [5.74, 6) is 0.322. The van der Waals surface area contributed by atoms with Gasteiger partial charge in [-0.3, -0.25) is 0 Å². The van der Waals surface area contributed by atoms with Crippen molar-refractivity contribution in [3.05, 3.63) is 70.3 Å². The lowest BCUT2D eigenvalue weighted by Crippen LogP contribution is -1.95. The van der Waals surface area contributed by atoms with E-state index < -0.39 is 5.97 Å². The number of aromatic nitrogens is 3. The molecule has 4 rings (SSSR count). The lowest BCUT2D eigenvalue weighted by atomic mass is 10.1. The minimum absolute atomic E-state index is 0.171. The number of allylic oxidation sites excluding steroid dienone is 1.